The number of hydrogen-bond acceptors (Lipinski definition) is 3. The van der Waals surface area contributed by atoms with Crippen LogP contribution < -0.4 is 0 Å². The Labute approximate surface area is 109 Å². The number of nitrogens with zero attached hydrogens (tertiary/aromatic N) is 2. The minimum absolute atomic E-state index is 0.145. The van der Waals surface area contributed by atoms with Crippen molar-refractivity contribution in [3.63, 3.8) is 0 Å². The van der Waals surface area contributed by atoms with Gasteiger partial charge < -0.3 is 4.98 Å². The molecule has 1 N–H and O–H groups in total. The molecule has 0 atom stereocenters. The van der Waals surface area contributed by atoms with E-state index in [1.54, 1.807) is 18.5 Å². The number of aromatic amines is 1. The summed E-state index contributed by atoms with van der Waals surface area (Å²) < 4.78 is 0. The Balaban J connectivity index is 1.86. The van der Waals surface area contributed by atoms with Crippen molar-refractivity contribution in [3.05, 3.63) is 66.3 Å². The van der Waals surface area contributed by atoms with Gasteiger partial charge in [-0.1, -0.05) is 18.2 Å². The van der Waals surface area contributed by atoms with Crippen molar-refractivity contribution < 1.29 is 4.79 Å². The summed E-state index contributed by atoms with van der Waals surface area (Å²) >= 11 is 0. The maximum atomic E-state index is 12.0. The molecule has 0 aliphatic rings. The van der Waals surface area contributed by atoms with E-state index in [1.165, 1.54) is 6.08 Å². The van der Waals surface area contributed by atoms with Crippen LogP contribution in [0.5, 0.6) is 0 Å². The minimum Gasteiger partial charge on any atom is -0.335 e. The molecule has 19 heavy (non-hydrogen) atoms. The lowest BCUT2D eigenvalue weighted by Crippen LogP contribution is -1.96. The highest BCUT2D eigenvalue weighted by Crippen LogP contribution is 2.11. The third-order valence-corrected chi connectivity index (χ3v) is 2.76. The van der Waals surface area contributed by atoms with Crippen molar-refractivity contribution in [2.45, 2.75) is 0 Å². The Morgan fingerprint density at radius 3 is 2.68 bits per heavy atom. The Morgan fingerprint density at radius 1 is 1.11 bits per heavy atom. The summed E-state index contributed by atoms with van der Waals surface area (Å²) in [4.78, 5) is 23.2. The molecule has 0 radical (unpaired) electrons. The first kappa shape index (κ1) is 11.3. The van der Waals surface area contributed by atoms with Crippen molar-refractivity contribution in [3.8, 4) is 0 Å². The molecule has 0 saturated carbocycles. The van der Waals surface area contributed by atoms with E-state index in [2.05, 4.69) is 15.0 Å². The monoisotopic (exact) mass is 249 g/mol. The van der Waals surface area contributed by atoms with E-state index in [1.807, 2.05) is 36.4 Å². The molecule has 92 valence electrons. The highest BCUT2D eigenvalue weighted by atomic mass is 16.1. The van der Waals surface area contributed by atoms with Gasteiger partial charge in [0, 0.05) is 12.4 Å². The number of benzene rings is 1. The van der Waals surface area contributed by atoms with Crippen molar-refractivity contribution in [2.24, 2.45) is 0 Å². The molecule has 2 heterocycles. The molecule has 0 fully saturated rings. The maximum Gasteiger partial charge on any atom is 0.221 e. The predicted octanol–water partition coefficient (Wildman–Crippen LogP) is 2.85. The largest absolute Gasteiger partial charge is 0.335 e. The van der Waals surface area contributed by atoms with Gasteiger partial charge in [0.1, 0.15) is 0 Å². The molecule has 0 amide bonds. The fourth-order valence-corrected chi connectivity index (χ4v) is 1.79. The van der Waals surface area contributed by atoms with E-state index >= 15 is 0 Å². The van der Waals surface area contributed by atoms with Crippen molar-refractivity contribution in [1.29, 1.82) is 0 Å². The summed E-state index contributed by atoms with van der Waals surface area (Å²) in [6.07, 6.45) is 6.63. The summed E-state index contributed by atoms with van der Waals surface area (Å²) in [5, 5.41) is 0. The molecule has 3 rings (SSSR count). The number of para-hydroxylation sites is 2. The van der Waals surface area contributed by atoms with Crippen LogP contribution in [0, 0.1) is 0 Å². The minimum atomic E-state index is -0.145. The molecule has 1 aromatic carbocycles. The van der Waals surface area contributed by atoms with Crippen LogP contribution >= 0.6 is 0 Å². The van der Waals surface area contributed by atoms with Crippen LogP contribution in [0.4, 0.5) is 0 Å². The van der Waals surface area contributed by atoms with Crippen LogP contribution in [0.2, 0.25) is 0 Å². The lowest BCUT2D eigenvalue weighted by atomic mass is 10.2. The van der Waals surface area contributed by atoms with Gasteiger partial charge in [0.05, 0.1) is 11.0 Å². The second kappa shape index (κ2) is 4.86. The Kier molecular flexibility index (Phi) is 2.90. The normalized spacial score (nSPS) is 11.2. The van der Waals surface area contributed by atoms with Gasteiger partial charge in [-0.2, -0.15) is 0 Å². The topological polar surface area (TPSA) is 58.6 Å². The third kappa shape index (κ3) is 2.42. The zero-order valence-corrected chi connectivity index (χ0v) is 10.1. The quantitative estimate of drug-likeness (QED) is 0.573. The lowest BCUT2D eigenvalue weighted by Gasteiger charge is -1.90. The van der Waals surface area contributed by atoms with E-state index in [9.17, 15) is 4.79 Å². The first-order chi connectivity index (χ1) is 9.33. The van der Waals surface area contributed by atoms with Crippen molar-refractivity contribution in [2.75, 3.05) is 0 Å². The number of ketones is 1. The molecule has 2 aromatic heterocycles. The molecule has 4 heteroatoms. The number of fused-ring (bicyclic) bond motifs is 1. The molecule has 4 nitrogen and oxygen atoms in total. The van der Waals surface area contributed by atoms with Crippen LogP contribution in [-0.4, -0.2) is 20.7 Å². The molecule has 0 aliphatic heterocycles. The van der Waals surface area contributed by atoms with Gasteiger partial charge in [-0.05, 0) is 35.9 Å². The van der Waals surface area contributed by atoms with Gasteiger partial charge in [0.2, 0.25) is 5.78 Å². The Hall–Kier alpha value is -2.75. The summed E-state index contributed by atoms with van der Waals surface area (Å²) in [6.45, 7) is 0. The Morgan fingerprint density at radius 2 is 1.89 bits per heavy atom. The van der Waals surface area contributed by atoms with Crippen molar-refractivity contribution >= 4 is 22.9 Å². The molecular formula is C15H11N3O. The molecule has 0 bridgehead atoms. The van der Waals surface area contributed by atoms with Crippen LogP contribution in [0.3, 0.4) is 0 Å². The number of carbonyl (C=O) groups excluding carboxylic acids is 1. The van der Waals surface area contributed by atoms with Crippen LogP contribution in [0.25, 0.3) is 17.1 Å². The number of imidazole rings is 1. The first-order valence-corrected chi connectivity index (χ1v) is 5.90. The highest BCUT2D eigenvalue weighted by molar-refractivity contribution is 6.05. The number of nitrogens with one attached hydrogen (secondary N) is 1. The van der Waals surface area contributed by atoms with Gasteiger partial charge in [-0.3, -0.25) is 9.78 Å². The van der Waals surface area contributed by atoms with Gasteiger partial charge >= 0.3 is 0 Å². The fourth-order valence-electron chi connectivity index (χ4n) is 1.79. The van der Waals surface area contributed by atoms with E-state index in [-0.39, 0.29) is 5.78 Å². The number of hydrogen-bond donors (Lipinski definition) is 1. The standard InChI is InChI=1S/C15H11N3O/c19-14(6-5-11-7-9-16-10-8-11)15-17-12-3-1-2-4-13(12)18-15/h1-10H,(H,17,18)/b6-5+. The summed E-state index contributed by atoms with van der Waals surface area (Å²) in [6, 6.07) is 11.2. The van der Waals surface area contributed by atoms with E-state index in [0.29, 0.717) is 5.82 Å². The SMILES string of the molecule is O=C(/C=C/c1ccncc1)c1nc2ccccc2[nH]1. The number of H-pyrrole nitrogens is 1. The molecule has 3 aromatic rings. The van der Waals surface area contributed by atoms with Gasteiger partial charge in [0.25, 0.3) is 0 Å². The average molecular weight is 249 g/mol. The number of rotatable bonds is 3. The zero-order valence-electron chi connectivity index (χ0n) is 10.1. The number of allylic oxidation sites excluding steroid dienone is 1. The fraction of sp³-hybridized carbons (Fsp3) is 0. The second-order valence-corrected chi connectivity index (χ2v) is 4.08. The Bertz CT molecular complexity index is 711. The number of pyridine rings is 1. The van der Waals surface area contributed by atoms with Crippen LogP contribution in [0.15, 0.2) is 54.9 Å². The van der Waals surface area contributed by atoms with E-state index in [4.69, 9.17) is 0 Å². The van der Waals surface area contributed by atoms with E-state index < -0.39 is 0 Å². The lowest BCUT2D eigenvalue weighted by molar-refractivity contribution is 0.103. The molecular weight excluding hydrogens is 238 g/mol. The van der Waals surface area contributed by atoms with Crippen LogP contribution in [-0.2, 0) is 0 Å². The number of carbonyl (C=O) groups is 1. The molecule has 0 aliphatic carbocycles. The van der Waals surface area contributed by atoms with Gasteiger partial charge in [-0.15, -0.1) is 0 Å². The molecule has 0 spiro atoms. The molecule has 0 saturated heterocycles. The third-order valence-electron chi connectivity index (χ3n) is 2.76. The van der Waals surface area contributed by atoms with Gasteiger partial charge in [-0.25, -0.2) is 4.98 Å². The predicted molar refractivity (Wildman–Crippen MR) is 73.7 cm³/mol. The van der Waals surface area contributed by atoms with E-state index in [0.717, 1.165) is 16.6 Å². The van der Waals surface area contributed by atoms with Crippen LogP contribution in [0.1, 0.15) is 16.2 Å². The summed E-state index contributed by atoms with van der Waals surface area (Å²) in [5.41, 5.74) is 2.59. The average Bonchev–Trinajstić information content (AvgIpc) is 2.90. The highest BCUT2D eigenvalue weighted by Gasteiger charge is 2.07. The van der Waals surface area contributed by atoms with Crippen molar-refractivity contribution in [1.82, 2.24) is 15.0 Å². The van der Waals surface area contributed by atoms with Gasteiger partial charge in [0.15, 0.2) is 5.82 Å². The zero-order chi connectivity index (χ0) is 13.1. The number of aromatic nitrogens is 3. The smallest absolute Gasteiger partial charge is 0.221 e. The maximum absolute atomic E-state index is 12.0. The second-order valence-electron chi connectivity index (χ2n) is 4.08. The molecule has 0 unspecified atom stereocenters. The summed E-state index contributed by atoms with van der Waals surface area (Å²) in [5.74, 6) is 0.208. The summed E-state index contributed by atoms with van der Waals surface area (Å²) in [7, 11) is 0. The first-order valence-electron chi connectivity index (χ1n) is 5.90.